The molecule has 0 spiro atoms. The summed E-state index contributed by atoms with van der Waals surface area (Å²) in [4.78, 5) is 4.54. The van der Waals surface area contributed by atoms with E-state index in [0.29, 0.717) is 22.5 Å². The maximum atomic E-state index is 6.20. The molecule has 1 aromatic carbocycles. The molecule has 0 aliphatic carbocycles. The van der Waals surface area contributed by atoms with Gasteiger partial charge in [0.1, 0.15) is 6.61 Å². The summed E-state index contributed by atoms with van der Waals surface area (Å²) in [6, 6.07) is 9.35. The Kier molecular flexibility index (Phi) is 3.60. The molecule has 3 rings (SSSR count). The molecule has 2 heterocycles. The molecular weight excluding hydrogens is 283 g/mol. The standard InChI is InChI=1S/C14H12Cl2N2O/c15-10-2-3-11(12(16)7-10)13-4-1-9-8-17-5-6-19-14(9)18-13/h1-4,7,17H,5-6,8H2. The predicted octanol–water partition coefficient (Wildman–Crippen LogP) is 3.54. The van der Waals surface area contributed by atoms with E-state index < -0.39 is 0 Å². The second-order valence-corrected chi connectivity index (χ2v) is 5.15. The highest BCUT2D eigenvalue weighted by atomic mass is 35.5. The largest absolute Gasteiger partial charge is 0.476 e. The van der Waals surface area contributed by atoms with Crippen LogP contribution in [0.4, 0.5) is 0 Å². The summed E-state index contributed by atoms with van der Waals surface area (Å²) in [7, 11) is 0. The molecule has 0 amide bonds. The van der Waals surface area contributed by atoms with E-state index in [0.717, 1.165) is 29.9 Å². The number of fused-ring (bicyclic) bond motifs is 1. The SMILES string of the molecule is Clc1ccc(-c2ccc3c(n2)OCCNC3)c(Cl)c1. The van der Waals surface area contributed by atoms with Crippen LogP contribution in [0.25, 0.3) is 11.3 Å². The number of benzene rings is 1. The van der Waals surface area contributed by atoms with Crippen LogP contribution in [0.15, 0.2) is 30.3 Å². The number of nitrogens with one attached hydrogen (secondary N) is 1. The molecule has 0 atom stereocenters. The predicted molar refractivity (Wildman–Crippen MR) is 76.9 cm³/mol. The molecule has 1 N–H and O–H groups in total. The van der Waals surface area contributed by atoms with Crippen molar-refractivity contribution in [2.24, 2.45) is 0 Å². The topological polar surface area (TPSA) is 34.1 Å². The maximum absolute atomic E-state index is 6.20. The van der Waals surface area contributed by atoms with Crippen molar-refractivity contribution in [1.82, 2.24) is 10.3 Å². The molecule has 1 aliphatic heterocycles. The molecule has 98 valence electrons. The summed E-state index contributed by atoms with van der Waals surface area (Å²) >= 11 is 12.1. The van der Waals surface area contributed by atoms with E-state index in [4.69, 9.17) is 27.9 Å². The molecular formula is C14H12Cl2N2O. The summed E-state index contributed by atoms with van der Waals surface area (Å²) in [6.07, 6.45) is 0. The monoisotopic (exact) mass is 294 g/mol. The zero-order valence-corrected chi connectivity index (χ0v) is 11.6. The number of aromatic nitrogens is 1. The fourth-order valence-corrected chi connectivity index (χ4v) is 2.52. The lowest BCUT2D eigenvalue weighted by atomic mass is 10.1. The van der Waals surface area contributed by atoms with E-state index >= 15 is 0 Å². The van der Waals surface area contributed by atoms with E-state index in [1.807, 2.05) is 18.2 Å². The average molecular weight is 295 g/mol. The van der Waals surface area contributed by atoms with Gasteiger partial charge in [0.25, 0.3) is 0 Å². The molecule has 2 aromatic rings. The number of rotatable bonds is 1. The Labute approximate surface area is 121 Å². The Hall–Kier alpha value is -1.29. The summed E-state index contributed by atoms with van der Waals surface area (Å²) in [6.45, 7) is 2.22. The van der Waals surface area contributed by atoms with Gasteiger partial charge in [-0.1, -0.05) is 29.3 Å². The lowest BCUT2D eigenvalue weighted by molar-refractivity contribution is 0.314. The molecule has 0 bridgehead atoms. The third kappa shape index (κ3) is 2.68. The average Bonchev–Trinajstić information content (AvgIpc) is 2.63. The molecule has 1 aromatic heterocycles. The molecule has 0 radical (unpaired) electrons. The van der Waals surface area contributed by atoms with Crippen LogP contribution < -0.4 is 10.1 Å². The van der Waals surface area contributed by atoms with Gasteiger partial charge in [-0.05, 0) is 24.3 Å². The quantitative estimate of drug-likeness (QED) is 0.874. The van der Waals surface area contributed by atoms with Gasteiger partial charge in [-0.15, -0.1) is 0 Å². The van der Waals surface area contributed by atoms with E-state index in [2.05, 4.69) is 10.3 Å². The maximum Gasteiger partial charge on any atom is 0.218 e. The van der Waals surface area contributed by atoms with E-state index in [-0.39, 0.29) is 0 Å². The van der Waals surface area contributed by atoms with Gasteiger partial charge in [-0.25, -0.2) is 4.98 Å². The Morgan fingerprint density at radius 2 is 2.05 bits per heavy atom. The molecule has 0 fully saturated rings. The van der Waals surface area contributed by atoms with E-state index in [1.54, 1.807) is 12.1 Å². The van der Waals surface area contributed by atoms with E-state index in [9.17, 15) is 0 Å². The first-order chi connectivity index (χ1) is 9.24. The molecule has 0 unspecified atom stereocenters. The first-order valence-corrected chi connectivity index (χ1v) is 6.78. The summed E-state index contributed by atoms with van der Waals surface area (Å²) in [5, 5.41) is 4.48. The van der Waals surface area contributed by atoms with Crippen molar-refractivity contribution in [3.05, 3.63) is 45.9 Å². The Morgan fingerprint density at radius 1 is 1.16 bits per heavy atom. The zero-order valence-electron chi connectivity index (χ0n) is 10.1. The van der Waals surface area contributed by atoms with Crippen LogP contribution in [0.5, 0.6) is 5.88 Å². The molecule has 3 nitrogen and oxygen atoms in total. The van der Waals surface area contributed by atoms with Gasteiger partial charge < -0.3 is 10.1 Å². The van der Waals surface area contributed by atoms with Crippen LogP contribution >= 0.6 is 23.2 Å². The number of nitrogens with zero attached hydrogens (tertiary/aromatic N) is 1. The zero-order chi connectivity index (χ0) is 13.2. The van der Waals surface area contributed by atoms with Crippen molar-refractivity contribution in [2.45, 2.75) is 6.54 Å². The number of halogens is 2. The Balaban J connectivity index is 2.03. The normalized spacial score (nSPS) is 14.4. The van der Waals surface area contributed by atoms with Crippen molar-refractivity contribution in [2.75, 3.05) is 13.2 Å². The van der Waals surface area contributed by atoms with Crippen LogP contribution in [-0.2, 0) is 6.54 Å². The van der Waals surface area contributed by atoms with Gasteiger partial charge in [0.05, 0.1) is 10.7 Å². The van der Waals surface area contributed by atoms with Crippen LogP contribution in [0.1, 0.15) is 5.56 Å². The summed E-state index contributed by atoms with van der Waals surface area (Å²) in [5.41, 5.74) is 2.71. The summed E-state index contributed by atoms with van der Waals surface area (Å²) in [5.74, 6) is 0.675. The fraction of sp³-hybridized carbons (Fsp3) is 0.214. The Morgan fingerprint density at radius 3 is 2.89 bits per heavy atom. The van der Waals surface area contributed by atoms with Gasteiger partial charge in [0.2, 0.25) is 5.88 Å². The second-order valence-electron chi connectivity index (χ2n) is 4.31. The molecule has 1 aliphatic rings. The lowest BCUT2D eigenvalue weighted by Gasteiger charge is -2.09. The first-order valence-electron chi connectivity index (χ1n) is 6.03. The third-order valence-corrected chi connectivity index (χ3v) is 3.53. The van der Waals surface area contributed by atoms with Gasteiger partial charge in [0.15, 0.2) is 0 Å². The van der Waals surface area contributed by atoms with Gasteiger partial charge >= 0.3 is 0 Å². The number of hydrogen-bond donors (Lipinski definition) is 1. The van der Waals surface area contributed by atoms with Crippen molar-refractivity contribution in [3.8, 4) is 17.1 Å². The fourth-order valence-electron chi connectivity index (χ4n) is 2.02. The van der Waals surface area contributed by atoms with Gasteiger partial charge in [-0.3, -0.25) is 0 Å². The first kappa shape index (κ1) is 12.7. The van der Waals surface area contributed by atoms with Crippen molar-refractivity contribution < 1.29 is 4.74 Å². The minimum atomic E-state index is 0.590. The number of hydrogen-bond acceptors (Lipinski definition) is 3. The molecule has 5 heteroatoms. The van der Waals surface area contributed by atoms with Gasteiger partial charge in [-0.2, -0.15) is 0 Å². The van der Waals surface area contributed by atoms with Gasteiger partial charge in [0, 0.05) is 29.2 Å². The molecule has 19 heavy (non-hydrogen) atoms. The highest BCUT2D eigenvalue weighted by Crippen LogP contribution is 2.31. The number of ether oxygens (including phenoxy) is 1. The van der Waals surface area contributed by atoms with Crippen LogP contribution in [0.2, 0.25) is 10.0 Å². The highest BCUT2D eigenvalue weighted by molar-refractivity contribution is 6.36. The van der Waals surface area contributed by atoms with Crippen molar-refractivity contribution in [3.63, 3.8) is 0 Å². The third-order valence-electron chi connectivity index (χ3n) is 2.98. The van der Waals surface area contributed by atoms with Crippen molar-refractivity contribution in [1.29, 1.82) is 0 Å². The second kappa shape index (κ2) is 5.37. The van der Waals surface area contributed by atoms with Crippen LogP contribution in [-0.4, -0.2) is 18.1 Å². The van der Waals surface area contributed by atoms with Crippen LogP contribution in [0.3, 0.4) is 0 Å². The van der Waals surface area contributed by atoms with E-state index in [1.165, 1.54) is 0 Å². The number of pyridine rings is 1. The van der Waals surface area contributed by atoms with Crippen LogP contribution in [0, 0.1) is 0 Å². The lowest BCUT2D eigenvalue weighted by Crippen LogP contribution is -2.16. The minimum Gasteiger partial charge on any atom is -0.476 e. The highest BCUT2D eigenvalue weighted by Gasteiger charge is 2.13. The van der Waals surface area contributed by atoms with Crippen molar-refractivity contribution >= 4 is 23.2 Å². The summed E-state index contributed by atoms with van der Waals surface area (Å²) < 4.78 is 5.63. The molecule has 0 saturated carbocycles. The Bertz CT molecular complexity index is 616. The molecule has 0 saturated heterocycles. The minimum absolute atomic E-state index is 0.590. The smallest absolute Gasteiger partial charge is 0.218 e.